The van der Waals surface area contributed by atoms with Crippen molar-refractivity contribution in [2.75, 3.05) is 13.1 Å². The Hall–Kier alpha value is -2.76. The molecule has 88 heavy (non-hydrogen) atoms. The fourth-order valence-corrected chi connectivity index (χ4v) is 11.0. The van der Waals surface area contributed by atoms with Crippen LogP contribution in [0.4, 0.5) is 19.2 Å². The lowest BCUT2D eigenvalue weighted by atomic mass is 10.0. The molecule has 510 valence electrons. The summed E-state index contributed by atoms with van der Waals surface area (Å²) in [6.45, 7) is 24.6. The molecule has 0 saturated carbocycles. The van der Waals surface area contributed by atoms with Crippen LogP contribution in [-0.4, -0.2) is 69.7 Å². The second-order valence-corrected chi connectivity index (χ2v) is 29.1. The fraction of sp³-hybridized carbons (Fsp3) is 0.811. The zero-order valence-corrected chi connectivity index (χ0v) is 62.9. The van der Waals surface area contributed by atoms with Crippen molar-refractivity contribution >= 4 is 24.4 Å². The molecule has 0 aliphatic carbocycles. The van der Waals surface area contributed by atoms with Crippen LogP contribution in [0.2, 0.25) is 0 Å². The second kappa shape index (κ2) is 50.8. The number of nitrogens with zero attached hydrogens (tertiary/aromatic N) is 4. The molecule has 2 aromatic rings. The highest BCUT2D eigenvalue weighted by atomic mass is 127. The van der Waals surface area contributed by atoms with Crippen molar-refractivity contribution in [2.24, 2.45) is 0 Å². The highest BCUT2D eigenvalue weighted by molar-refractivity contribution is 5.88. The number of ether oxygens (including phenoxy) is 4. The van der Waals surface area contributed by atoms with Crippen molar-refractivity contribution in [1.82, 2.24) is 9.80 Å². The zero-order valence-electron chi connectivity index (χ0n) is 58.5. The van der Waals surface area contributed by atoms with E-state index < -0.39 is 46.8 Å². The molecule has 4 amide bonds. The Balaban J connectivity index is 0.0000378. The first-order chi connectivity index (χ1) is 40.9. The highest BCUT2D eigenvalue weighted by Crippen LogP contribution is 2.21. The molecule has 12 nitrogen and oxygen atoms in total. The third-order valence-electron chi connectivity index (χ3n) is 15.6. The van der Waals surface area contributed by atoms with E-state index in [1.807, 2.05) is 0 Å². The van der Waals surface area contributed by atoms with Crippen molar-refractivity contribution in [3.8, 4) is 0 Å². The number of rotatable bonds is 47. The van der Waals surface area contributed by atoms with Crippen LogP contribution in [0, 0.1) is 0 Å². The van der Waals surface area contributed by atoms with E-state index in [-0.39, 0.29) is 48.0 Å². The lowest BCUT2D eigenvalue weighted by Gasteiger charge is -2.28. The Morgan fingerprint density at radius 2 is 0.500 bits per heavy atom. The van der Waals surface area contributed by atoms with Crippen molar-refractivity contribution in [2.45, 2.75) is 375 Å². The molecule has 0 saturated heterocycles. The monoisotopic (exact) mass is 1460 g/mol. The molecule has 0 radical (unpaired) electrons. The number of hydrogen-bond acceptors (Lipinski definition) is 8. The van der Waals surface area contributed by atoms with Gasteiger partial charge in [0, 0.05) is 49.2 Å². The Morgan fingerprint density at radius 3 is 0.716 bits per heavy atom. The summed E-state index contributed by atoms with van der Waals surface area (Å²) >= 11 is 0. The predicted molar refractivity (Wildman–Crippen MR) is 354 cm³/mol. The number of aromatic nitrogens is 2. The topological polar surface area (TPSA) is 119 Å². The smallest absolute Gasteiger partial charge is 0.419 e. The first-order valence-electron chi connectivity index (χ1n) is 35.3. The van der Waals surface area contributed by atoms with E-state index >= 15 is 0 Å². The number of aryl methyl sites for hydroxylation is 4. The summed E-state index contributed by atoms with van der Waals surface area (Å²) < 4.78 is 26.7. The summed E-state index contributed by atoms with van der Waals surface area (Å²) in [7, 11) is 0. The maximum absolute atomic E-state index is 12.7. The molecular formula is C74H132I2N4O8. The number of pyridine rings is 2. The van der Waals surface area contributed by atoms with Crippen LogP contribution < -0.4 is 57.1 Å². The van der Waals surface area contributed by atoms with Gasteiger partial charge in [0.2, 0.25) is 0 Å². The molecule has 0 unspecified atom stereocenters. The van der Waals surface area contributed by atoms with Crippen LogP contribution in [-0.2, 0) is 44.9 Å². The SMILES string of the molecule is CC(C)(C)OC(=O)N(CCCCCCCCCCCCCCCC[n+]1cccc(CCCCCCCCCCCCc2ccc[n+](CCCCCCCCCCCCCCCCN(C(=O)OC(C)(C)C)C(=O)OC(C)(C)C)c2)c1)C(=O)OC(C)(C)C.[I-].[I-]. The van der Waals surface area contributed by atoms with Gasteiger partial charge < -0.3 is 66.9 Å². The summed E-state index contributed by atoms with van der Waals surface area (Å²) in [5.41, 5.74) is 0.311. The zero-order chi connectivity index (χ0) is 63.4. The van der Waals surface area contributed by atoms with Gasteiger partial charge >= 0.3 is 24.4 Å². The highest BCUT2D eigenvalue weighted by Gasteiger charge is 2.32. The molecule has 0 atom stereocenters. The summed E-state index contributed by atoms with van der Waals surface area (Å²) in [5.74, 6) is 0. The van der Waals surface area contributed by atoms with E-state index in [0.717, 1.165) is 61.4 Å². The van der Waals surface area contributed by atoms with Gasteiger partial charge in [-0.25, -0.2) is 38.1 Å². The number of unbranched alkanes of at least 4 members (excludes halogenated alkanes) is 35. The number of amides is 4. The Kier molecular flexibility index (Phi) is 49.2. The van der Waals surface area contributed by atoms with Gasteiger partial charge in [0.05, 0.1) is 0 Å². The van der Waals surface area contributed by atoms with Crippen molar-refractivity contribution in [3.05, 3.63) is 60.2 Å². The lowest BCUT2D eigenvalue weighted by Crippen LogP contribution is -3.00. The van der Waals surface area contributed by atoms with Crippen molar-refractivity contribution in [1.29, 1.82) is 0 Å². The number of carbonyl (C=O) groups excluding carboxylic acids is 4. The number of hydrogen-bond donors (Lipinski definition) is 0. The van der Waals surface area contributed by atoms with Gasteiger partial charge in [-0.15, -0.1) is 0 Å². The number of halogens is 2. The molecule has 2 rings (SSSR count). The van der Waals surface area contributed by atoms with E-state index in [9.17, 15) is 19.2 Å². The molecule has 0 aliphatic heterocycles. The molecule has 14 heteroatoms. The Labute approximate surface area is 574 Å². The maximum Gasteiger partial charge on any atom is 0.419 e. The van der Waals surface area contributed by atoms with Crippen LogP contribution in [0.25, 0.3) is 0 Å². The Bertz CT molecular complexity index is 1880. The van der Waals surface area contributed by atoms with Crippen molar-refractivity contribution < 1.29 is 95.2 Å². The average Bonchev–Trinajstić information content (AvgIpc) is 3.55. The molecule has 0 aliphatic rings. The van der Waals surface area contributed by atoms with Gasteiger partial charge in [-0.1, -0.05) is 193 Å². The molecule has 0 spiro atoms. The van der Waals surface area contributed by atoms with E-state index in [4.69, 9.17) is 18.9 Å². The van der Waals surface area contributed by atoms with Gasteiger partial charge in [0.25, 0.3) is 0 Å². The van der Waals surface area contributed by atoms with E-state index in [1.165, 1.54) is 229 Å². The lowest BCUT2D eigenvalue weighted by molar-refractivity contribution is -0.697. The molecule has 0 aromatic carbocycles. The van der Waals surface area contributed by atoms with E-state index in [2.05, 4.69) is 58.2 Å². The number of imide groups is 2. The summed E-state index contributed by atoms with van der Waals surface area (Å²) in [5, 5.41) is 0. The third kappa shape index (κ3) is 49.9. The quantitative estimate of drug-likeness (QED) is 0.0278. The third-order valence-corrected chi connectivity index (χ3v) is 15.6. The van der Waals surface area contributed by atoms with Gasteiger partial charge in [-0.2, -0.15) is 0 Å². The first kappa shape index (κ1) is 85.2. The first-order valence-corrected chi connectivity index (χ1v) is 35.3. The van der Waals surface area contributed by atoms with Crippen LogP contribution in [0.5, 0.6) is 0 Å². The molecule has 0 fully saturated rings. The van der Waals surface area contributed by atoms with E-state index in [0.29, 0.717) is 13.1 Å². The molecule has 2 heterocycles. The van der Waals surface area contributed by atoms with Crippen molar-refractivity contribution in [3.63, 3.8) is 0 Å². The average molecular weight is 1460 g/mol. The molecular weight excluding hydrogens is 1330 g/mol. The molecule has 0 N–H and O–H groups in total. The van der Waals surface area contributed by atoms with Gasteiger partial charge in [-0.05, 0) is 147 Å². The van der Waals surface area contributed by atoms with Crippen LogP contribution in [0.15, 0.2) is 49.1 Å². The summed E-state index contributed by atoms with van der Waals surface area (Å²) in [4.78, 5) is 53.0. The van der Waals surface area contributed by atoms with Gasteiger partial charge in [0.15, 0.2) is 24.8 Å². The van der Waals surface area contributed by atoms with Crippen LogP contribution in [0.1, 0.15) is 338 Å². The second-order valence-electron chi connectivity index (χ2n) is 29.1. The van der Waals surface area contributed by atoms with Gasteiger partial charge in [0.1, 0.15) is 35.5 Å². The minimum Gasteiger partial charge on any atom is -1.00 e. The summed E-state index contributed by atoms with van der Waals surface area (Å²) in [6.07, 6.45) is 57.3. The predicted octanol–water partition coefficient (Wildman–Crippen LogP) is 15.2. The van der Waals surface area contributed by atoms with Gasteiger partial charge in [-0.3, -0.25) is 0 Å². The fourth-order valence-electron chi connectivity index (χ4n) is 11.0. The minimum absolute atomic E-state index is 0. The minimum atomic E-state index is -0.668. The van der Waals surface area contributed by atoms with E-state index in [1.54, 1.807) is 83.1 Å². The van der Waals surface area contributed by atoms with Crippen LogP contribution >= 0.6 is 0 Å². The largest absolute Gasteiger partial charge is 1.00 e. The number of carbonyl (C=O) groups is 4. The van der Waals surface area contributed by atoms with Crippen LogP contribution in [0.3, 0.4) is 0 Å². The normalized spacial score (nSPS) is 11.8. The maximum atomic E-state index is 12.7. The standard InChI is InChI=1S/C74H132N4O8.2HI/c1-71(2,3)83-67(79)77(68(80)84-72(4,5)6)61-49-43-37-31-25-19-15-13-17-23-29-35-41-47-57-75-59-51-55-65(63-75)53-45-39-33-27-21-22-28-34-40-46-54-66-56-52-60-76(64-66)58-48-42-36-30-24-18-14-16-20-26-32-38-44-50-62-78(69(81)85-73(7,8)9)70(82)86-74(10,11)12;;/h51-52,55-56,59-60,63-64H,13-50,53-54,57-58,61-62H2,1-12H3;2*1H/q+2;;/p-2. The Morgan fingerprint density at radius 1 is 0.307 bits per heavy atom. The summed E-state index contributed by atoms with van der Waals surface area (Å²) in [6, 6.07) is 9.13. The molecule has 0 bridgehead atoms. The molecule has 2 aromatic heterocycles.